The van der Waals surface area contributed by atoms with Crippen LogP contribution in [-0.2, 0) is 0 Å². The Morgan fingerprint density at radius 1 is 0.969 bits per heavy atom. The van der Waals surface area contributed by atoms with Crippen molar-refractivity contribution in [2.45, 2.75) is 0 Å². The van der Waals surface area contributed by atoms with E-state index >= 15 is 0 Å². The van der Waals surface area contributed by atoms with Gasteiger partial charge in [-0.05, 0) is 30.3 Å². The van der Waals surface area contributed by atoms with Gasteiger partial charge in [-0.25, -0.2) is 9.97 Å². The third kappa shape index (κ3) is 3.96. The highest BCUT2D eigenvalue weighted by Gasteiger charge is 2.19. The Kier molecular flexibility index (Phi) is 5.57. The van der Waals surface area contributed by atoms with E-state index in [-0.39, 0.29) is 5.91 Å². The number of anilines is 2. The van der Waals surface area contributed by atoms with Gasteiger partial charge in [0.15, 0.2) is 5.13 Å². The summed E-state index contributed by atoms with van der Waals surface area (Å²) < 4.78 is 0. The number of nitrogens with one attached hydrogen (secondary N) is 1. The van der Waals surface area contributed by atoms with Gasteiger partial charge in [-0.1, -0.05) is 53.5 Å². The van der Waals surface area contributed by atoms with Crippen LogP contribution in [0.4, 0.5) is 10.8 Å². The number of thiophene rings is 1. The summed E-state index contributed by atoms with van der Waals surface area (Å²) in [4.78, 5) is 23.2. The number of nitrogens with two attached hydrogens (primary N) is 1. The van der Waals surface area contributed by atoms with Gasteiger partial charge in [0.1, 0.15) is 9.71 Å². The molecule has 1 amide bonds. The molecule has 158 valence electrons. The predicted molar refractivity (Wildman–Crippen MR) is 135 cm³/mol. The molecule has 0 bridgehead atoms. The molecular formula is C23H14Cl2N4OS2. The van der Waals surface area contributed by atoms with Crippen molar-refractivity contribution < 1.29 is 4.79 Å². The van der Waals surface area contributed by atoms with Gasteiger partial charge >= 0.3 is 0 Å². The van der Waals surface area contributed by atoms with Gasteiger partial charge in [-0.15, -0.1) is 22.7 Å². The average Bonchev–Trinajstić information content (AvgIpc) is 3.38. The van der Waals surface area contributed by atoms with Gasteiger partial charge in [0, 0.05) is 26.9 Å². The lowest BCUT2D eigenvalue weighted by molar-refractivity contribution is 0.103. The second-order valence-corrected chi connectivity index (χ2v) is 9.58. The fraction of sp³-hybridized carbons (Fsp3) is 0. The minimum absolute atomic E-state index is 0.324. The highest BCUT2D eigenvalue weighted by molar-refractivity contribution is 7.21. The van der Waals surface area contributed by atoms with E-state index in [0.717, 1.165) is 22.2 Å². The number of thiazole rings is 1. The molecule has 0 aliphatic carbocycles. The molecule has 0 unspecified atom stereocenters. The summed E-state index contributed by atoms with van der Waals surface area (Å²) >= 11 is 14.8. The van der Waals surface area contributed by atoms with E-state index in [4.69, 9.17) is 33.9 Å². The molecule has 5 rings (SSSR count). The lowest BCUT2D eigenvalue weighted by Crippen LogP contribution is -2.11. The number of pyridine rings is 1. The first-order valence-corrected chi connectivity index (χ1v) is 11.9. The molecule has 5 aromatic rings. The van der Waals surface area contributed by atoms with Gasteiger partial charge in [0.05, 0.1) is 22.1 Å². The van der Waals surface area contributed by atoms with Crippen molar-refractivity contribution in [2.24, 2.45) is 0 Å². The zero-order chi connectivity index (χ0) is 22.2. The molecule has 0 saturated carbocycles. The third-order valence-corrected chi connectivity index (χ3v) is 7.22. The van der Waals surface area contributed by atoms with Crippen LogP contribution in [0.15, 0.2) is 66.0 Å². The number of benzene rings is 2. The number of carbonyl (C=O) groups is 1. The molecule has 0 radical (unpaired) electrons. The molecular weight excluding hydrogens is 483 g/mol. The molecule has 0 saturated heterocycles. The van der Waals surface area contributed by atoms with Gasteiger partial charge in [0.2, 0.25) is 0 Å². The summed E-state index contributed by atoms with van der Waals surface area (Å²) in [6, 6.07) is 18.9. The van der Waals surface area contributed by atoms with Crippen LogP contribution in [0.25, 0.3) is 32.7 Å². The minimum atomic E-state index is -0.324. The fourth-order valence-corrected chi connectivity index (χ4v) is 5.44. The zero-order valence-corrected chi connectivity index (χ0v) is 19.4. The topological polar surface area (TPSA) is 80.9 Å². The number of amides is 1. The van der Waals surface area contributed by atoms with E-state index in [2.05, 4.69) is 10.3 Å². The molecule has 0 atom stereocenters. The number of carbonyl (C=O) groups excluding carboxylic acids is 1. The largest absolute Gasteiger partial charge is 0.397 e. The van der Waals surface area contributed by atoms with Crippen molar-refractivity contribution in [3.63, 3.8) is 0 Å². The van der Waals surface area contributed by atoms with Crippen molar-refractivity contribution in [3.05, 3.63) is 81.0 Å². The normalized spacial score (nSPS) is 11.1. The Balaban J connectivity index is 1.42. The van der Waals surface area contributed by atoms with Gasteiger partial charge in [0.25, 0.3) is 5.91 Å². The Morgan fingerprint density at radius 3 is 2.56 bits per heavy atom. The van der Waals surface area contributed by atoms with E-state index in [9.17, 15) is 4.79 Å². The Bertz CT molecular complexity index is 1460. The van der Waals surface area contributed by atoms with Crippen molar-refractivity contribution in [3.8, 4) is 22.5 Å². The number of halogens is 2. The van der Waals surface area contributed by atoms with Crippen molar-refractivity contribution in [1.82, 2.24) is 9.97 Å². The summed E-state index contributed by atoms with van der Waals surface area (Å²) in [6.45, 7) is 0. The van der Waals surface area contributed by atoms with E-state index in [1.54, 1.807) is 18.2 Å². The van der Waals surface area contributed by atoms with Gasteiger partial charge in [-0.2, -0.15) is 0 Å². The van der Waals surface area contributed by atoms with Crippen LogP contribution in [0, 0.1) is 0 Å². The van der Waals surface area contributed by atoms with Crippen molar-refractivity contribution in [2.75, 3.05) is 11.1 Å². The molecule has 0 spiro atoms. The average molecular weight is 497 g/mol. The summed E-state index contributed by atoms with van der Waals surface area (Å²) in [6.07, 6.45) is 0. The minimum Gasteiger partial charge on any atom is -0.397 e. The summed E-state index contributed by atoms with van der Waals surface area (Å²) in [5.74, 6) is -0.324. The Hall–Kier alpha value is -2.97. The molecule has 0 aliphatic rings. The Morgan fingerprint density at radius 2 is 1.78 bits per heavy atom. The van der Waals surface area contributed by atoms with Crippen molar-refractivity contribution in [1.29, 1.82) is 0 Å². The van der Waals surface area contributed by atoms with Crippen LogP contribution in [0.1, 0.15) is 9.67 Å². The van der Waals surface area contributed by atoms with Crippen LogP contribution in [0.3, 0.4) is 0 Å². The maximum Gasteiger partial charge on any atom is 0.269 e. The second-order valence-electron chi connectivity index (χ2n) is 6.88. The van der Waals surface area contributed by atoms with E-state index in [1.165, 1.54) is 22.7 Å². The smallest absolute Gasteiger partial charge is 0.269 e. The first-order chi connectivity index (χ1) is 15.5. The van der Waals surface area contributed by atoms with Crippen molar-refractivity contribution >= 4 is 72.8 Å². The monoisotopic (exact) mass is 496 g/mol. The van der Waals surface area contributed by atoms with Crippen LogP contribution < -0.4 is 11.1 Å². The maximum atomic E-state index is 12.9. The van der Waals surface area contributed by atoms with Crippen LogP contribution >= 0.6 is 45.9 Å². The second kappa shape index (κ2) is 8.52. The Labute approximate surface area is 201 Å². The standard InChI is InChI=1S/C23H14Cl2N4OS2/c24-13-6-7-14(16(25)10-13)18-11-31-23(28-18)29-21(30)20-19(26)15-8-9-17(27-22(15)32-20)12-4-2-1-3-5-12/h1-11H,26H2,(H,28,29,30). The fourth-order valence-electron chi connectivity index (χ4n) is 3.24. The highest BCUT2D eigenvalue weighted by atomic mass is 35.5. The lowest BCUT2D eigenvalue weighted by Gasteiger charge is -2.02. The molecule has 3 N–H and O–H groups in total. The quantitative estimate of drug-likeness (QED) is 0.275. The summed E-state index contributed by atoms with van der Waals surface area (Å²) in [5, 5.41) is 6.91. The molecule has 9 heteroatoms. The number of fused-ring (bicyclic) bond motifs is 1. The predicted octanol–water partition coefficient (Wildman–Crippen LogP) is 7.23. The first-order valence-electron chi connectivity index (χ1n) is 9.46. The number of rotatable bonds is 4. The van der Waals surface area contributed by atoms with Crippen LogP contribution in [0.2, 0.25) is 10.0 Å². The lowest BCUT2D eigenvalue weighted by atomic mass is 10.1. The molecule has 0 aliphatic heterocycles. The molecule has 3 aromatic heterocycles. The molecule has 32 heavy (non-hydrogen) atoms. The van der Waals surface area contributed by atoms with E-state index in [1.807, 2.05) is 47.8 Å². The number of aromatic nitrogens is 2. The number of hydrogen-bond acceptors (Lipinski definition) is 6. The SMILES string of the molecule is Nc1c(C(=O)Nc2nc(-c3ccc(Cl)cc3Cl)cs2)sc2nc(-c3ccccc3)ccc12. The summed E-state index contributed by atoms with van der Waals surface area (Å²) in [5.41, 5.74) is 9.92. The number of nitrogen functional groups attached to an aromatic ring is 1. The van der Waals surface area contributed by atoms with Crippen LogP contribution in [0.5, 0.6) is 0 Å². The molecule has 2 aromatic carbocycles. The van der Waals surface area contributed by atoms with Gasteiger partial charge < -0.3 is 5.73 Å². The van der Waals surface area contributed by atoms with Gasteiger partial charge in [-0.3, -0.25) is 10.1 Å². The highest BCUT2D eigenvalue weighted by Crippen LogP contribution is 2.36. The third-order valence-electron chi connectivity index (χ3n) is 4.80. The number of nitrogens with zero attached hydrogens (tertiary/aromatic N) is 2. The maximum absolute atomic E-state index is 12.9. The molecule has 5 nitrogen and oxygen atoms in total. The first kappa shape index (κ1) is 20.9. The zero-order valence-electron chi connectivity index (χ0n) is 16.3. The molecule has 0 fully saturated rings. The van der Waals surface area contributed by atoms with E-state index in [0.29, 0.717) is 36.3 Å². The van der Waals surface area contributed by atoms with Crippen LogP contribution in [-0.4, -0.2) is 15.9 Å². The molecule has 3 heterocycles. The summed E-state index contributed by atoms with van der Waals surface area (Å²) in [7, 11) is 0. The van der Waals surface area contributed by atoms with E-state index < -0.39 is 0 Å². The number of hydrogen-bond donors (Lipinski definition) is 2.